The Morgan fingerprint density at radius 1 is 1.13 bits per heavy atom. The van der Waals surface area contributed by atoms with Crippen molar-refractivity contribution in [2.24, 2.45) is 0 Å². The molecule has 1 amide bonds. The average Bonchev–Trinajstić information content (AvgIpc) is 2.71. The largest absolute Gasteiger partial charge is 0.449 e. The zero-order chi connectivity index (χ0) is 22.0. The van der Waals surface area contributed by atoms with Crippen molar-refractivity contribution in [3.05, 3.63) is 69.1 Å². The van der Waals surface area contributed by atoms with E-state index in [-0.39, 0.29) is 11.1 Å². The fraction of sp³-hybridized carbons (Fsp3) is 0.304. The molecule has 0 bridgehead atoms. The Morgan fingerprint density at radius 2 is 1.87 bits per heavy atom. The second-order valence-electron chi connectivity index (χ2n) is 7.31. The highest BCUT2D eigenvalue weighted by Crippen LogP contribution is 2.18. The van der Waals surface area contributed by atoms with Gasteiger partial charge in [-0.15, -0.1) is 0 Å². The number of carbonyl (C=O) groups excluding carboxylic acids is 2. The Kier molecular flexibility index (Phi) is 6.01. The summed E-state index contributed by atoms with van der Waals surface area (Å²) < 4.78 is 6.96. The second kappa shape index (κ2) is 8.49. The summed E-state index contributed by atoms with van der Waals surface area (Å²) in [5.74, 6) is -1.04. The van der Waals surface area contributed by atoms with Gasteiger partial charge in [0.05, 0.1) is 16.6 Å². The molecule has 0 aliphatic carbocycles. The van der Waals surface area contributed by atoms with E-state index >= 15 is 0 Å². The molecular weight excluding hydrogens is 382 g/mol. The van der Waals surface area contributed by atoms with Crippen molar-refractivity contribution < 1.29 is 14.3 Å². The number of nitrogens with one attached hydrogen (secondary N) is 1. The highest BCUT2D eigenvalue weighted by atomic mass is 16.5. The summed E-state index contributed by atoms with van der Waals surface area (Å²) in [5.41, 5.74) is 4.26. The average molecular weight is 407 g/mol. The van der Waals surface area contributed by atoms with Gasteiger partial charge in [-0.3, -0.25) is 9.59 Å². The monoisotopic (exact) mass is 407 g/mol. The number of anilines is 1. The first-order valence-electron chi connectivity index (χ1n) is 9.81. The molecule has 1 aromatic heterocycles. The molecule has 30 heavy (non-hydrogen) atoms. The molecule has 1 atom stereocenters. The van der Waals surface area contributed by atoms with Crippen molar-refractivity contribution in [1.29, 1.82) is 0 Å². The number of aromatic nitrogens is 2. The fourth-order valence-corrected chi connectivity index (χ4v) is 3.20. The number of hydrogen-bond acceptors (Lipinski definition) is 5. The van der Waals surface area contributed by atoms with Crippen molar-refractivity contribution in [2.45, 2.75) is 47.3 Å². The van der Waals surface area contributed by atoms with Gasteiger partial charge < -0.3 is 14.6 Å². The SMILES string of the molecule is CCn1c(=O)c(C)nc2cc(C(=O)O[C@H](C)C(=O)Nc3cc(C)ccc3C)ccc21. The van der Waals surface area contributed by atoms with Gasteiger partial charge in [-0.2, -0.15) is 0 Å². The van der Waals surface area contributed by atoms with Crippen LogP contribution in [0, 0.1) is 20.8 Å². The fourth-order valence-electron chi connectivity index (χ4n) is 3.20. The first-order chi connectivity index (χ1) is 14.2. The van der Waals surface area contributed by atoms with Crippen molar-refractivity contribution in [2.75, 3.05) is 5.32 Å². The third-order valence-corrected chi connectivity index (χ3v) is 4.96. The molecule has 0 spiro atoms. The number of benzene rings is 2. The number of aryl methyl sites for hydroxylation is 4. The lowest BCUT2D eigenvalue weighted by Crippen LogP contribution is -2.30. The molecule has 3 rings (SSSR count). The third-order valence-electron chi connectivity index (χ3n) is 4.96. The van der Waals surface area contributed by atoms with Crippen LogP contribution in [0.2, 0.25) is 0 Å². The van der Waals surface area contributed by atoms with E-state index in [1.165, 1.54) is 6.92 Å². The first kappa shape index (κ1) is 21.2. The normalized spacial score (nSPS) is 11.9. The van der Waals surface area contributed by atoms with Gasteiger partial charge in [0, 0.05) is 12.2 Å². The third kappa shape index (κ3) is 4.25. The zero-order valence-corrected chi connectivity index (χ0v) is 17.8. The zero-order valence-electron chi connectivity index (χ0n) is 17.8. The van der Waals surface area contributed by atoms with E-state index in [9.17, 15) is 14.4 Å². The predicted octanol–water partition coefficient (Wildman–Crippen LogP) is 3.53. The summed E-state index contributed by atoms with van der Waals surface area (Å²) >= 11 is 0. The standard InChI is InChI=1S/C23H25N3O4/c1-6-26-20-10-9-17(12-19(20)24-15(4)22(26)28)23(29)30-16(5)21(27)25-18-11-13(2)7-8-14(18)3/h7-12,16H,6H2,1-5H3,(H,25,27)/t16-/m1/s1. The minimum atomic E-state index is -0.979. The summed E-state index contributed by atoms with van der Waals surface area (Å²) in [6.07, 6.45) is -0.979. The van der Waals surface area contributed by atoms with E-state index in [2.05, 4.69) is 10.3 Å². The van der Waals surface area contributed by atoms with Gasteiger partial charge in [0.25, 0.3) is 11.5 Å². The van der Waals surface area contributed by atoms with Gasteiger partial charge in [-0.05, 0) is 70.0 Å². The Morgan fingerprint density at radius 3 is 2.57 bits per heavy atom. The van der Waals surface area contributed by atoms with E-state index < -0.39 is 18.0 Å². The predicted molar refractivity (Wildman–Crippen MR) is 116 cm³/mol. The molecule has 0 saturated carbocycles. The van der Waals surface area contributed by atoms with Crippen LogP contribution in [-0.4, -0.2) is 27.5 Å². The molecule has 0 fully saturated rings. The molecule has 0 saturated heterocycles. The van der Waals surface area contributed by atoms with Crippen LogP contribution in [0.4, 0.5) is 5.69 Å². The molecule has 1 heterocycles. The van der Waals surface area contributed by atoms with E-state index in [1.807, 2.05) is 39.0 Å². The molecule has 7 nitrogen and oxygen atoms in total. The van der Waals surface area contributed by atoms with Gasteiger partial charge in [0.1, 0.15) is 5.69 Å². The van der Waals surface area contributed by atoms with Crippen LogP contribution in [0.15, 0.2) is 41.2 Å². The topological polar surface area (TPSA) is 90.3 Å². The molecule has 0 unspecified atom stereocenters. The summed E-state index contributed by atoms with van der Waals surface area (Å²) in [5, 5.41) is 2.80. The summed E-state index contributed by atoms with van der Waals surface area (Å²) in [4.78, 5) is 41.6. The minimum Gasteiger partial charge on any atom is -0.449 e. The van der Waals surface area contributed by atoms with E-state index in [0.29, 0.717) is 29.0 Å². The van der Waals surface area contributed by atoms with Crippen LogP contribution in [0.5, 0.6) is 0 Å². The van der Waals surface area contributed by atoms with Crippen molar-refractivity contribution in [3.63, 3.8) is 0 Å². The number of nitrogens with zero attached hydrogens (tertiary/aromatic N) is 2. The first-order valence-corrected chi connectivity index (χ1v) is 9.81. The van der Waals surface area contributed by atoms with Crippen molar-refractivity contribution in [3.8, 4) is 0 Å². The van der Waals surface area contributed by atoms with Crippen LogP contribution >= 0.6 is 0 Å². The van der Waals surface area contributed by atoms with Crippen LogP contribution in [0.25, 0.3) is 11.0 Å². The number of ether oxygens (including phenoxy) is 1. The molecular formula is C23H25N3O4. The molecule has 0 radical (unpaired) electrons. The number of esters is 1. The number of carbonyl (C=O) groups is 2. The Bertz CT molecular complexity index is 1200. The van der Waals surface area contributed by atoms with Crippen LogP contribution < -0.4 is 10.9 Å². The maximum Gasteiger partial charge on any atom is 0.338 e. The number of hydrogen-bond donors (Lipinski definition) is 1. The van der Waals surface area contributed by atoms with E-state index in [1.54, 1.807) is 29.7 Å². The van der Waals surface area contributed by atoms with Gasteiger partial charge in [-0.25, -0.2) is 9.78 Å². The van der Waals surface area contributed by atoms with E-state index in [4.69, 9.17) is 4.74 Å². The Balaban J connectivity index is 1.78. The number of amides is 1. The van der Waals surface area contributed by atoms with Gasteiger partial charge >= 0.3 is 5.97 Å². The van der Waals surface area contributed by atoms with Crippen LogP contribution in [0.3, 0.4) is 0 Å². The molecule has 156 valence electrons. The van der Waals surface area contributed by atoms with Gasteiger partial charge in [0.15, 0.2) is 6.10 Å². The maximum absolute atomic E-state index is 12.6. The highest BCUT2D eigenvalue weighted by Gasteiger charge is 2.20. The van der Waals surface area contributed by atoms with E-state index in [0.717, 1.165) is 11.1 Å². The van der Waals surface area contributed by atoms with Crippen LogP contribution in [-0.2, 0) is 16.1 Å². The second-order valence-corrected chi connectivity index (χ2v) is 7.31. The quantitative estimate of drug-likeness (QED) is 0.654. The molecule has 0 aliphatic heterocycles. The van der Waals surface area contributed by atoms with Crippen LogP contribution in [0.1, 0.15) is 41.0 Å². The van der Waals surface area contributed by atoms with Gasteiger partial charge in [0.2, 0.25) is 0 Å². The van der Waals surface area contributed by atoms with Crippen molar-refractivity contribution in [1.82, 2.24) is 9.55 Å². The lowest BCUT2D eigenvalue weighted by Gasteiger charge is -2.15. The molecule has 1 N–H and O–H groups in total. The Hall–Kier alpha value is -3.48. The Labute approximate surface area is 174 Å². The maximum atomic E-state index is 12.6. The molecule has 2 aromatic carbocycles. The lowest BCUT2D eigenvalue weighted by molar-refractivity contribution is -0.123. The lowest BCUT2D eigenvalue weighted by atomic mass is 10.1. The summed E-state index contributed by atoms with van der Waals surface area (Å²) in [7, 11) is 0. The molecule has 3 aromatic rings. The number of fused-ring (bicyclic) bond motifs is 1. The minimum absolute atomic E-state index is 0.155. The van der Waals surface area contributed by atoms with Crippen molar-refractivity contribution >= 4 is 28.6 Å². The van der Waals surface area contributed by atoms with Gasteiger partial charge in [-0.1, -0.05) is 12.1 Å². The highest BCUT2D eigenvalue weighted by molar-refractivity contribution is 5.98. The molecule has 7 heteroatoms. The smallest absolute Gasteiger partial charge is 0.338 e. The molecule has 0 aliphatic rings. The summed E-state index contributed by atoms with van der Waals surface area (Å²) in [6, 6.07) is 10.6. The number of rotatable bonds is 5. The summed E-state index contributed by atoms with van der Waals surface area (Å²) in [6.45, 7) is 9.36.